The van der Waals surface area contributed by atoms with Gasteiger partial charge in [0.1, 0.15) is 22.2 Å². The highest BCUT2D eigenvalue weighted by molar-refractivity contribution is 8.00. The van der Waals surface area contributed by atoms with E-state index in [1.54, 1.807) is 7.11 Å². The second-order valence-electron chi connectivity index (χ2n) is 8.00. The van der Waals surface area contributed by atoms with Crippen LogP contribution in [0.2, 0.25) is 0 Å². The summed E-state index contributed by atoms with van der Waals surface area (Å²) in [5.74, 6) is 1.99. The monoisotopic (exact) mass is 441 g/mol. The molecule has 156 valence electrons. The van der Waals surface area contributed by atoms with Crippen molar-refractivity contribution < 1.29 is 14.6 Å². The van der Waals surface area contributed by atoms with E-state index in [0.717, 1.165) is 45.9 Å². The Morgan fingerprint density at radius 2 is 2.23 bits per heavy atom. The maximum Gasteiger partial charge on any atom is 0.183 e. The third kappa shape index (κ3) is 3.41. The second kappa shape index (κ2) is 7.60. The molecule has 30 heavy (non-hydrogen) atoms. The fourth-order valence-electron chi connectivity index (χ4n) is 4.54. The molecule has 1 saturated heterocycles. The number of aryl methyl sites for hydroxylation is 1. The lowest BCUT2D eigenvalue weighted by Gasteiger charge is -2.31. The molecule has 2 fully saturated rings. The van der Waals surface area contributed by atoms with Crippen LogP contribution in [0.1, 0.15) is 33.2 Å². The Morgan fingerprint density at radius 3 is 2.97 bits per heavy atom. The Balaban J connectivity index is 1.34. The molecule has 0 unspecified atom stereocenters. The minimum absolute atomic E-state index is 0.0495. The van der Waals surface area contributed by atoms with Crippen LogP contribution >= 0.6 is 23.1 Å². The summed E-state index contributed by atoms with van der Waals surface area (Å²) in [7, 11) is 1.63. The SMILES string of the molecule is COc1ccc2nc(C)nc(SCC(=O)c3ccc([C@]4(O)C[C@@H]5C[C@H]4CN5)s3)c2c1. The molecule has 5 rings (SSSR count). The number of ketones is 1. The Morgan fingerprint density at radius 1 is 1.37 bits per heavy atom. The van der Waals surface area contributed by atoms with Gasteiger partial charge in [0, 0.05) is 28.8 Å². The van der Waals surface area contributed by atoms with Gasteiger partial charge in [0.25, 0.3) is 0 Å². The molecule has 0 amide bonds. The fraction of sp³-hybridized carbons (Fsp3) is 0.409. The van der Waals surface area contributed by atoms with Gasteiger partial charge in [-0.3, -0.25) is 4.79 Å². The van der Waals surface area contributed by atoms with Crippen molar-refractivity contribution in [2.45, 2.75) is 36.4 Å². The minimum atomic E-state index is -0.789. The predicted octanol–water partition coefficient (Wildman–Crippen LogP) is 3.55. The first-order valence-electron chi connectivity index (χ1n) is 10.0. The number of carbonyl (C=O) groups is 1. The number of rotatable bonds is 6. The smallest absolute Gasteiger partial charge is 0.183 e. The topological polar surface area (TPSA) is 84.3 Å². The number of fused-ring (bicyclic) bond motifs is 3. The number of Topliss-reactive ketones (excluding diaryl/α,β-unsaturated/α-hetero) is 1. The summed E-state index contributed by atoms with van der Waals surface area (Å²) in [6.45, 7) is 2.70. The van der Waals surface area contributed by atoms with Crippen LogP contribution in [0.4, 0.5) is 0 Å². The van der Waals surface area contributed by atoms with E-state index in [2.05, 4.69) is 15.3 Å². The number of piperidine rings is 1. The molecule has 2 aliphatic rings. The lowest BCUT2D eigenvalue weighted by atomic mass is 9.88. The lowest BCUT2D eigenvalue weighted by molar-refractivity contribution is -0.00837. The van der Waals surface area contributed by atoms with Crippen molar-refractivity contribution >= 4 is 39.8 Å². The molecule has 1 aromatic carbocycles. The maximum absolute atomic E-state index is 12.9. The first-order chi connectivity index (χ1) is 14.5. The highest BCUT2D eigenvalue weighted by Crippen LogP contribution is 2.48. The molecule has 2 N–H and O–H groups in total. The average molecular weight is 442 g/mol. The number of nitrogens with zero attached hydrogens (tertiary/aromatic N) is 2. The van der Waals surface area contributed by atoms with Crippen molar-refractivity contribution in [3.8, 4) is 5.75 Å². The summed E-state index contributed by atoms with van der Waals surface area (Å²) in [6, 6.07) is 9.86. The van der Waals surface area contributed by atoms with Crippen LogP contribution in [-0.2, 0) is 5.60 Å². The van der Waals surface area contributed by atoms with Gasteiger partial charge >= 0.3 is 0 Å². The number of methoxy groups -OCH3 is 1. The summed E-state index contributed by atoms with van der Waals surface area (Å²) in [6.07, 6.45) is 1.74. The predicted molar refractivity (Wildman–Crippen MR) is 119 cm³/mol. The fourth-order valence-corrected chi connectivity index (χ4v) is 6.69. The minimum Gasteiger partial charge on any atom is -0.497 e. The van der Waals surface area contributed by atoms with Crippen molar-refractivity contribution in [3.63, 3.8) is 0 Å². The number of aliphatic hydroxyl groups is 1. The molecule has 3 heterocycles. The number of benzene rings is 1. The second-order valence-corrected chi connectivity index (χ2v) is 10.0. The van der Waals surface area contributed by atoms with Gasteiger partial charge in [-0.15, -0.1) is 11.3 Å². The lowest BCUT2D eigenvalue weighted by Crippen LogP contribution is -2.40. The molecule has 8 heteroatoms. The van der Waals surface area contributed by atoms with Gasteiger partial charge in [-0.05, 0) is 50.1 Å². The van der Waals surface area contributed by atoms with Gasteiger partial charge in [0.2, 0.25) is 0 Å². The maximum atomic E-state index is 12.9. The molecule has 0 radical (unpaired) electrons. The van der Waals surface area contributed by atoms with Crippen LogP contribution in [-0.4, -0.2) is 46.3 Å². The van der Waals surface area contributed by atoms with E-state index in [1.807, 2.05) is 37.3 Å². The number of thiophene rings is 1. The number of carbonyl (C=O) groups excluding carboxylic acids is 1. The molecular weight excluding hydrogens is 418 g/mol. The first kappa shape index (κ1) is 19.9. The summed E-state index contributed by atoms with van der Waals surface area (Å²) < 4.78 is 5.33. The summed E-state index contributed by atoms with van der Waals surface area (Å²) in [5.41, 5.74) is 0.0479. The van der Waals surface area contributed by atoms with Gasteiger partial charge in [-0.1, -0.05) is 11.8 Å². The molecule has 0 spiro atoms. The normalized spacial score (nSPS) is 25.2. The summed E-state index contributed by atoms with van der Waals surface area (Å²) >= 11 is 2.85. The number of ether oxygens (including phenoxy) is 1. The molecule has 1 saturated carbocycles. The number of hydrogen-bond donors (Lipinski definition) is 2. The van der Waals surface area contributed by atoms with E-state index in [-0.39, 0.29) is 17.5 Å². The largest absolute Gasteiger partial charge is 0.497 e. The quantitative estimate of drug-likeness (QED) is 0.344. The van der Waals surface area contributed by atoms with E-state index >= 15 is 0 Å². The van der Waals surface area contributed by atoms with Crippen molar-refractivity contribution in [3.05, 3.63) is 45.9 Å². The molecule has 1 aliphatic carbocycles. The summed E-state index contributed by atoms with van der Waals surface area (Å²) in [5, 5.41) is 16.3. The Labute approximate surface area is 183 Å². The van der Waals surface area contributed by atoms with Crippen molar-refractivity contribution in [1.82, 2.24) is 15.3 Å². The van der Waals surface area contributed by atoms with E-state index in [0.29, 0.717) is 16.7 Å². The van der Waals surface area contributed by atoms with E-state index < -0.39 is 5.60 Å². The highest BCUT2D eigenvalue weighted by Gasteiger charge is 2.51. The van der Waals surface area contributed by atoms with Crippen LogP contribution < -0.4 is 10.1 Å². The number of hydrogen-bond acceptors (Lipinski definition) is 8. The number of aromatic nitrogens is 2. The number of thioether (sulfide) groups is 1. The van der Waals surface area contributed by atoms with Crippen LogP contribution in [0.3, 0.4) is 0 Å². The molecule has 2 bridgehead atoms. The number of nitrogens with one attached hydrogen (secondary N) is 1. The molecule has 3 aromatic rings. The molecule has 3 atom stereocenters. The average Bonchev–Trinajstić information content (AvgIpc) is 3.47. The van der Waals surface area contributed by atoms with Crippen molar-refractivity contribution in [1.29, 1.82) is 0 Å². The van der Waals surface area contributed by atoms with E-state index in [1.165, 1.54) is 23.1 Å². The van der Waals surface area contributed by atoms with E-state index in [4.69, 9.17) is 4.74 Å². The van der Waals surface area contributed by atoms with Crippen LogP contribution in [0.25, 0.3) is 10.9 Å². The molecule has 1 aliphatic heterocycles. The van der Waals surface area contributed by atoms with E-state index in [9.17, 15) is 9.90 Å². The Bertz CT molecular complexity index is 1130. The third-order valence-corrected chi connectivity index (χ3v) is 8.37. The standard InChI is InChI=1S/C22H23N3O3S2/c1-12-24-17-4-3-15(28-2)8-16(17)21(25-12)29-11-18(26)19-5-6-20(30-19)22(27)9-14-7-13(22)10-23-14/h3-6,8,13-14,23,27H,7,9-11H2,1-2H3/t13-,14-,22-/m0/s1. The van der Waals surface area contributed by atoms with Gasteiger partial charge in [0.15, 0.2) is 5.78 Å². The van der Waals surface area contributed by atoms with Gasteiger partial charge in [0.05, 0.1) is 23.3 Å². The van der Waals surface area contributed by atoms with Crippen molar-refractivity contribution in [2.75, 3.05) is 19.4 Å². The Kier molecular flexibility index (Phi) is 5.05. The molecule has 6 nitrogen and oxygen atoms in total. The zero-order valence-electron chi connectivity index (χ0n) is 16.8. The zero-order chi connectivity index (χ0) is 20.9. The van der Waals surface area contributed by atoms with Gasteiger partial charge < -0.3 is 15.2 Å². The van der Waals surface area contributed by atoms with Crippen molar-refractivity contribution in [2.24, 2.45) is 5.92 Å². The molecular formula is C22H23N3O3S2. The highest BCUT2D eigenvalue weighted by atomic mass is 32.2. The van der Waals surface area contributed by atoms with Crippen LogP contribution in [0.5, 0.6) is 5.75 Å². The third-order valence-electron chi connectivity index (χ3n) is 6.08. The molecule has 2 aromatic heterocycles. The summed E-state index contributed by atoms with van der Waals surface area (Å²) in [4.78, 5) is 23.5. The van der Waals surface area contributed by atoms with Gasteiger partial charge in [-0.2, -0.15) is 0 Å². The van der Waals surface area contributed by atoms with Gasteiger partial charge in [-0.25, -0.2) is 9.97 Å². The van der Waals surface area contributed by atoms with Crippen LogP contribution in [0, 0.1) is 12.8 Å². The zero-order valence-corrected chi connectivity index (χ0v) is 18.5. The Hall–Kier alpha value is -2.00. The first-order valence-corrected chi connectivity index (χ1v) is 11.8. The van der Waals surface area contributed by atoms with Crippen LogP contribution in [0.15, 0.2) is 35.4 Å².